The Hall–Kier alpha value is -2.86. The van der Waals surface area contributed by atoms with Crippen LogP contribution < -0.4 is 0 Å². The molecule has 0 heteroatoms. The van der Waals surface area contributed by atoms with Crippen molar-refractivity contribution in [3.8, 4) is 0 Å². The number of benzene rings is 4. The van der Waals surface area contributed by atoms with Crippen LogP contribution in [0, 0.1) is 0 Å². The van der Waals surface area contributed by atoms with Gasteiger partial charge in [0.25, 0.3) is 0 Å². The Labute approximate surface area is 141 Å². The molecule has 4 aromatic rings. The van der Waals surface area contributed by atoms with Crippen LogP contribution in [0.2, 0.25) is 0 Å². The highest BCUT2D eigenvalue weighted by molar-refractivity contribution is 6.25. The van der Waals surface area contributed by atoms with Crippen LogP contribution in [0.4, 0.5) is 0 Å². The first kappa shape index (κ1) is 13.6. The zero-order chi connectivity index (χ0) is 15.9. The van der Waals surface area contributed by atoms with Gasteiger partial charge in [0, 0.05) is 0 Å². The minimum atomic E-state index is 1.13. The van der Waals surface area contributed by atoms with E-state index in [0.29, 0.717) is 0 Å². The number of fused-ring (bicyclic) bond motifs is 6. The van der Waals surface area contributed by atoms with Crippen LogP contribution in [0.1, 0.15) is 18.4 Å². The van der Waals surface area contributed by atoms with Crippen LogP contribution in [0.5, 0.6) is 0 Å². The van der Waals surface area contributed by atoms with Crippen molar-refractivity contribution in [1.82, 2.24) is 0 Å². The normalized spacial score (nSPS) is 14.4. The topological polar surface area (TPSA) is 0 Å². The zero-order valence-corrected chi connectivity index (χ0v) is 13.5. The van der Waals surface area contributed by atoms with E-state index < -0.39 is 0 Å². The molecule has 0 atom stereocenters. The predicted molar refractivity (Wildman–Crippen MR) is 105 cm³/mol. The molecule has 1 aliphatic carbocycles. The Balaban J connectivity index is 1.92. The molecule has 0 bridgehead atoms. The van der Waals surface area contributed by atoms with E-state index in [2.05, 4.69) is 85.0 Å². The zero-order valence-electron chi connectivity index (χ0n) is 13.5. The van der Waals surface area contributed by atoms with Gasteiger partial charge in [-0.2, -0.15) is 0 Å². The van der Waals surface area contributed by atoms with Crippen molar-refractivity contribution in [2.75, 3.05) is 0 Å². The number of hydrogen-bond acceptors (Lipinski definition) is 0. The molecule has 0 heterocycles. The van der Waals surface area contributed by atoms with Gasteiger partial charge in [-0.05, 0) is 62.4 Å². The van der Waals surface area contributed by atoms with Crippen molar-refractivity contribution >= 4 is 37.9 Å². The van der Waals surface area contributed by atoms with Gasteiger partial charge in [0.1, 0.15) is 0 Å². The molecule has 0 fully saturated rings. The quantitative estimate of drug-likeness (QED) is 0.336. The van der Waals surface area contributed by atoms with Gasteiger partial charge >= 0.3 is 0 Å². The third kappa shape index (κ3) is 2.00. The van der Waals surface area contributed by atoms with Crippen LogP contribution in [-0.2, 0) is 0 Å². The Morgan fingerprint density at radius 1 is 0.583 bits per heavy atom. The highest BCUT2D eigenvalue weighted by Crippen LogP contribution is 2.36. The molecule has 0 spiro atoms. The van der Waals surface area contributed by atoms with Crippen LogP contribution in [-0.4, -0.2) is 0 Å². The maximum absolute atomic E-state index is 2.38. The maximum Gasteiger partial charge on any atom is -0.00929 e. The highest BCUT2D eigenvalue weighted by Gasteiger charge is 2.10. The smallest absolute Gasteiger partial charge is 0.00929 e. The molecular formula is C24H18. The highest BCUT2D eigenvalue weighted by atomic mass is 14.1. The summed E-state index contributed by atoms with van der Waals surface area (Å²) in [6.45, 7) is 0. The predicted octanol–water partition coefficient (Wildman–Crippen LogP) is 6.88. The summed E-state index contributed by atoms with van der Waals surface area (Å²) in [6, 6.07) is 24.5. The monoisotopic (exact) mass is 306 g/mol. The maximum atomic E-state index is 2.38. The molecule has 0 amide bonds. The van der Waals surface area contributed by atoms with E-state index in [1.165, 1.54) is 43.5 Å². The number of hydrogen-bond donors (Lipinski definition) is 0. The number of rotatable bonds is 1. The van der Waals surface area contributed by atoms with Crippen molar-refractivity contribution in [1.29, 1.82) is 0 Å². The third-order valence-corrected chi connectivity index (χ3v) is 5.13. The first-order valence-electron chi connectivity index (χ1n) is 8.61. The summed E-state index contributed by atoms with van der Waals surface area (Å²) in [4.78, 5) is 0. The van der Waals surface area contributed by atoms with E-state index in [9.17, 15) is 0 Å². The summed E-state index contributed by atoms with van der Waals surface area (Å²) in [5.74, 6) is 0. The van der Waals surface area contributed by atoms with E-state index in [1.54, 1.807) is 0 Å². The molecular weight excluding hydrogens is 288 g/mol. The van der Waals surface area contributed by atoms with Gasteiger partial charge < -0.3 is 0 Å². The summed E-state index contributed by atoms with van der Waals surface area (Å²) in [7, 11) is 0. The Kier molecular flexibility index (Phi) is 3.02. The second-order valence-electron chi connectivity index (χ2n) is 6.51. The fourth-order valence-electron chi connectivity index (χ4n) is 3.95. The van der Waals surface area contributed by atoms with Crippen molar-refractivity contribution in [3.05, 3.63) is 90.5 Å². The van der Waals surface area contributed by atoms with Crippen molar-refractivity contribution < 1.29 is 0 Å². The number of allylic oxidation sites excluding steroid dienone is 4. The molecule has 0 radical (unpaired) electrons. The first-order valence-corrected chi connectivity index (χ1v) is 8.61. The van der Waals surface area contributed by atoms with Crippen LogP contribution >= 0.6 is 0 Å². The average Bonchev–Trinajstić information content (AvgIpc) is 2.68. The summed E-state index contributed by atoms with van der Waals surface area (Å²) in [5, 5.41) is 8.08. The van der Waals surface area contributed by atoms with Crippen LogP contribution in [0.15, 0.2) is 85.0 Å². The molecule has 0 aliphatic heterocycles. The molecule has 0 aromatic heterocycles. The Morgan fingerprint density at radius 3 is 1.75 bits per heavy atom. The summed E-state index contributed by atoms with van der Waals surface area (Å²) in [6.07, 6.45) is 8.96. The van der Waals surface area contributed by atoms with Crippen LogP contribution in [0.3, 0.4) is 0 Å². The van der Waals surface area contributed by atoms with E-state index in [1.807, 2.05) is 0 Å². The second-order valence-corrected chi connectivity index (χ2v) is 6.51. The molecule has 0 saturated carbocycles. The Bertz CT molecular complexity index is 1110. The van der Waals surface area contributed by atoms with E-state index in [0.717, 1.165) is 12.8 Å². The second kappa shape index (κ2) is 5.35. The van der Waals surface area contributed by atoms with Gasteiger partial charge in [-0.1, -0.05) is 78.9 Å². The summed E-state index contributed by atoms with van der Waals surface area (Å²) in [5.41, 5.74) is 2.80. The van der Waals surface area contributed by atoms with Crippen molar-refractivity contribution in [2.45, 2.75) is 12.8 Å². The molecule has 0 unspecified atom stereocenters. The third-order valence-electron chi connectivity index (χ3n) is 5.13. The lowest BCUT2D eigenvalue weighted by molar-refractivity contribution is 1.05. The fraction of sp³-hybridized carbons (Fsp3) is 0.0833. The molecule has 0 nitrogen and oxygen atoms in total. The molecule has 114 valence electrons. The molecule has 1 aliphatic rings. The minimum absolute atomic E-state index is 1.13. The van der Waals surface area contributed by atoms with E-state index in [-0.39, 0.29) is 0 Å². The summed E-state index contributed by atoms with van der Waals surface area (Å²) >= 11 is 0. The van der Waals surface area contributed by atoms with Gasteiger partial charge in [0.05, 0.1) is 0 Å². The Morgan fingerprint density at radius 2 is 1.17 bits per heavy atom. The molecule has 0 saturated heterocycles. The fourth-order valence-corrected chi connectivity index (χ4v) is 3.95. The minimum Gasteiger partial charge on any atom is -0.0842 e. The molecule has 5 rings (SSSR count). The van der Waals surface area contributed by atoms with E-state index >= 15 is 0 Å². The van der Waals surface area contributed by atoms with Gasteiger partial charge in [-0.25, -0.2) is 0 Å². The molecule has 0 N–H and O–H groups in total. The van der Waals surface area contributed by atoms with Crippen LogP contribution in [0.25, 0.3) is 37.9 Å². The lowest BCUT2D eigenvalue weighted by atomic mass is 9.90. The van der Waals surface area contributed by atoms with Gasteiger partial charge in [-0.15, -0.1) is 0 Å². The van der Waals surface area contributed by atoms with Crippen molar-refractivity contribution in [2.24, 2.45) is 0 Å². The first-order chi connectivity index (χ1) is 11.9. The van der Waals surface area contributed by atoms with Crippen molar-refractivity contribution in [3.63, 3.8) is 0 Å². The average molecular weight is 306 g/mol. The summed E-state index contributed by atoms with van der Waals surface area (Å²) < 4.78 is 0. The molecule has 24 heavy (non-hydrogen) atoms. The standard InChI is InChI=1S/C24H18/c1-2-8-17(9-3-1)18-14-15-23-21-12-5-4-10-19(21)20-11-6-7-13-22(20)24(23)16-18/h1-2,4-8,10-16H,3,9H2. The molecule has 4 aromatic carbocycles. The SMILES string of the molecule is C1=CCCC(c2ccc3c4ccccc4c4ccccc4c3c2)=C1. The van der Waals surface area contributed by atoms with Gasteiger partial charge in [-0.3, -0.25) is 0 Å². The van der Waals surface area contributed by atoms with Gasteiger partial charge in [0.2, 0.25) is 0 Å². The largest absolute Gasteiger partial charge is 0.0842 e. The lowest BCUT2D eigenvalue weighted by Crippen LogP contribution is -1.89. The van der Waals surface area contributed by atoms with E-state index in [4.69, 9.17) is 0 Å². The van der Waals surface area contributed by atoms with Gasteiger partial charge in [0.15, 0.2) is 0 Å². The lowest BCUT2D eigenvalue weighted by Gasteiger charge is -2.14.